The first-order valence-corrected chi connectivity index (χ1v) is 4.77. The summed E-state index contributed by atoms with van der Waals surface area (Å²) in [4.78, 5) is 11.9. The van der Waals surface area contributed by atoms with Crippen LogP contribution in [0.2, 0.25) is 0 Å². The van der Waals surface area contributed by atoms with E-state index in [2.05, 4.69) is 0 Å². The molecule has 0 saturated carbocycles. The Morgan fingerprint density at radius 2 is 1.93 bits per heavy atom. The van der Waals surface area contributed by atoms with Crippen molar-refractivity contribution in [2.24, 2.45) is 0 Å². The van der Waals surface area contributed by atoms with Crippen LogP contribution in [0.25, 0.3) is 0 Å². The van der Waals surface area contributed by atoms with E-state index in [-0.39, 0.29) is 5.78 Å². The Balaban J connectivity index is 3.02. The summed E-state index contributed by atoms with van der Waals surface area (Å²) < 4.78 is 0. The number of carbonyl (C=O) groups is 1. The Morgan fingerprint density at radius 1 is 1.27 bits per heavy atom. The summed E-state index contributed by atoms with van der Waals surface area (Å²) in [5.41, 5.74) is 1.26. The second-order valence-electron chi connectivity index (χ2n) is 3.01. The third kappa shape index (κ3) is 3.17. The molecule has 1 nitrogen and oxygen atoms in total. The Hall–Kier alpha value is -1.70. The minimum absolute atomic E-state index is 0.0181. The molecule has 1 rings (SSSR count). The van der Waals surface area contributed by atoms with Crippen LogP contribution in [-0.4, -0.2) is 19.2 Å². The third-order valence-corrected chi connectivity index (χ3v) is 1.92. The Kier molecular flexibility index (Phi) is 4.49. The second-order valence-corrected chi connectivity index (χ2v) is 3.01. The summed E-state index contributed by atoms with van der Waals surface area (Å²) in [6.07, 6.45) is 5.17. The minimum atomic E-state index is -0.0181. The van der Waals surface area contributed by atoms with Crippen molar-refractivity contribution in [3.8, 4) is 0 Å². The van der Waals surface area contributed by atoms with E-state index in [0.717, 1.165) is 0 Å². The summed E-state index contributed by atoms with van der Waals surface area (Å²) >= 11 is 0. The quantitative estimate of drug-likeness (QED) is 0.312. The average molecular weight is 195 g/mol. The molecular weight excluding hydrogens is 183 g/mol. The number of hydrogen-bond acceptors (Lipinski definition) is 1. The van der Waals surface area contributed by atoms with Gasteiger partial charge in [0.15, 0.2) is 0 Å². The number of allylic oxidation sites excluding steroid dienone is 4. The van der Waals surface area contributed by atoms with E-state index in [0.29, 0.717) is 11.1 Å². The predicted octanol–water partition coefficient (Wildman–Crippen LogP) is 2.34. The molecule has 0 N–H and O–H groups in total. The first-order valence-electron chi connectivity index (χ1n) is 4.77. The molecule has 73 valence electrons. The fourth-order valence-electron chi connectivity index (χ4n) is 1.25. The van der Waals surface area contributed by atoms with Crippen molar-refractivity contribution in [3.63, 3.8) is 0 Å². The van der Waals surface area contributed by atoms with Gasteiger partial charge in [-0.2, -0.15) is 0 Å². The average Bonchev–Trinajstić information content (AvgIpc) is 2.29. The van der Waals surface area contributed by atoms with Crippen molar-refractivity contribution >= 4 is 19.2 Å². The van der Waals surface area contributed by atoms with Crippen LogP contribution in [-0.2, 0) is 0 Å². The zero-order valence-electron chi connectivity index (χ0n) is 8.68. The maximum absolute atomic E-state index is 11.9. The molecule has 1 radical (unpaired) electrons. The Morgan fingerprint density at radius 3 is 2.47 bits per heavy atom. The van der Waals surface area contributed by atoms with E-state index in [9.17, 15) is 4.79 Å². The van der Waals surface area contributed by atoms with Crippen molar-refractivity contribution in [1.82, 2.24) is 0 Å². The van der Waals surface area contributed by atoms with E-state index in [1.807, 2.05) is 31.2 Å². The SMILES string of the molecule is [B]=C/C=C(\C=C/C)C(=O)c1ccccc1. The molecule has 0 amide bonds. The number of benzene rings is 1. The van der Waals surface area contributed by atoms with Gasteiger partial charge in [0.1, 0.15) is 0 Å². The zero-order valence-corrected chi connectivity index (χ0v) is 8.68. The van der Waals surface area contributed by atoms with E-state index >= 15 is 0 Å². The molecule has 0 unspecified atom stereocenters. The van der Waals surface area contributed by atoms with Gasteiger partial charge in [0.05, 0.1) is 0 Å². The fourth-order valence-corrected chi connectivity index (χ4v) is 1.25. The van der Waals surface area contributed by atoms with Crippen LogP contribution < -0.4 is 0 Å². The molecule has 0 spiro atoms. The van der Waals surface area contributed by atoms with Crippen LogP contribution in [0.4, 0.5) is 0 Å². The van der Waals surface area contributed by atoms with Gasteiger partial charge < -0.3 is 0 Å². The summed E-state index contributed by atoms with van der Waals surface area (Å²) in [6.45, 7) is 1.86. The molecule has 0 aliphatic carbocycles. The Labute approximate surface area is 91.2 Å². The van der Waals surface area contributed by atoms with Crippen molar-refractivity contribution in [1.29, 1.82) is 0 Å². The van der Waals surface area contributed by atoms with Crippen LogP contribution in [0.3, 0.4) is 0 Å². The fraction of sp³-hybridized carbons (Fsp3) is 0.0769. The van der Waals surface area contributed by atoms with Gasteiger partial charge in [0, 0.05) is 0 Å². The van der Waals surface area contributed by atoms with Crippen LogP contribution in [0, 0.1) is 0 Å². The monoisotopic (exact) mass is 195 g/mol. The van der Waals surface area contributed by atoms with Crippen molar-refractivity contribution in [2.45, 2.75) is 6.92 Å². The van der Waals surface area contributed by atoms with Gasteiger partial charge in [-0.1, -0.05) is 0 Å². The van der Waals surface area contributed by atoms with Gasteiger partial charge in [0.25, 0.3) is 0 Å². The number of rotatable bonds is 4. The van der Waals surface area contributed by atoms with Crippen LogP contribution in [0.15, 0.2) is 54.1 Å². The van der Waals surface area contributed by atoms with E-state index in [1.165, 1.54) is 5.97 Å². The number of Topliss-reactive ketones (excluding diaryl/α,β-unsaturated/α-hetero) is 1. The molecular formula is C13H12BO. The van der Waals surface area contributed by atoms with Crippen molar-refractivity contribution in [2.75, 3.05) is 0 Å². The molecule has 1 aromatic rings. The van der Waals surface area contributed by atoms with Gasteiger partial charge >= 0.3 is 90.7 Å². The maximum atomic E-state index is 11.9. The molecule has 0 heterocycles. The molecule has 1 aromatic carbocycles. The molecule has 0 fully saturated rings. The number of ketones is 1. The number of hydrogen-bond donors (Lipinski definition) is 0. The van der Waals surface area contributed by atoms with Crippen LogP contribution >= 0.6 is 0 Å². The van der Waals surface area contributed by atoms with Gasteiger partial charge in [-0.15, -0.1) is 0 Å². The van der Waals surface area contributed by atoms with E-state index in [4.69, 9.17) is 7.49 Å². The Bertz CT molecular complexity index is 402. The van der Waals surface area contributed by atoms with Crippen molar-refractivity contribution in [3.05, 3.63) is 59.7 Å². The molecule has 0 saturated heterocycles. The first kappa shape index (κ1) is 11.4. The molecule has 0 bridgehead atoms. The van der Waals surface area contributed by atoms with Gasteiger partial charge in [-0.3, -0.25) is 0 Å². The topological polar surface area (TPSA) is 17.1 Å². The van der Waals surface area contributed by atoms with Gasteiger partial charge in [-0.05, 0) is 0 Å². The normalized spacial score (nSPS) is 11.6. The molecule has 2 heteroatoms. The second kappa shape index (κ2) is 5.92. The summed E-state index contributed by atoms with van der Waals surface area (Å²) in [6, 6.07) is 9.14. The first-order chi connectivity index (χ1) is 7.29. The molecule has 0 atom stereocenters. The van der Waals surface area contributed by atoms with Gasteiger partial charge in [0.2, 0.25) is 0 Å². The molecule has 0 aromatic heterocycles. The predicted molar refractivity (Wildman–Crippen MR) is 65.5 cm³/mol. The zero-order chi connectivity index (χ0) is 11.1. The standard InChI is InChI=1S/C13H12BO/c1-2-6-11(9-10-14)13(15)12-7-4-3-5-8-12/h2-10H,1H3/b6-2-,11-9+. The van der Waals surface area contributed by atoms with Crippen molar-refractivity contribution < 1.29 is 4.79 Å². The third-order valence-electron chi connectivity index (χ3n) is 1.92. The van der Waals surface area contributed by atoms with E-state index < -0.39 is 0 Å². The van der Waals surface area contributed by atoms with Gasteiger partial charge in [-0.25, -0.2) is 0 Å². The summed E-state index contributed by atoms with van der Waals surface area (Å²) in [7, 11) is 5.29. The molecule has 0 aliphatic heterocycles. The van der Waals surface area contributed by atoms with E-state index in [1.54, 1.807) is 24.3 Å². The molecule has 0 aliphatic rings. The summed E-state index contributed by atoms with van der Waals surface area (Å²) in [5.74, 6) is 1.35. The number of carbonyl (C=O) groups excluding carboxylic acids is 1. The van der Waals surface area contributed by atoms with Crippen LogP contribution in [0.5, 0.6) is 0 Å². The molecule has 15 heavy (non-hydrogen) atoms. The van der Waals surface area contributed by atoms with Crippen LogP contribution in [0.1, 0.15) is 17.3 Å². The summed E-state index contributed by atoms with van der Waals surface area (Å²) in [5, 5.41) is 0.